The molecule has 1 aromatic rings. The predicted octanol–water partition coefficient (Wildman–Crippen LogP) is 0.680. The molecule has 18 heavy (non-hydrogen) atoms. The van der Waals surface area contributed by atoms with Gasteiger partial charge in [0.05, 0.1) is 11.6 Å². The monoisotopic (exact) mass is 254 g/mol. The maximum Gasteiger partial charge on any atom is 0.231 e. The zero-order valence-corrected chi connectivity index (χ0v) is 10.7. The zero-order valence-electron chi connectivity index (χ0n) is 10.7. The van der Waals surface area contributed by atoms with E-state index in [9.17, 15) is 4.79 Å². The van der Waals surface area contributed by atoms with E-state index in [-0.39, 0.29) is 11.7 Å². The highest BCUT2D eigenvalue weighted by Gasteiger charge is 2.21. The smallest absolute Gasteiger partial charge is 0.231 e. The molecule has 0 spiro atoms. The van der Waals surface area contributed by atoms with Crippen LogP contribution in [0.25, 0.3) is 0 Å². The van der Waals surface area contributed by atoms with E-state index in [1.165, 1.54) is 0 Å². The number of nitrogens with two attached hydrogens (primary N) is 1. The second kappa shape index (κ2) is 6.04. The van der Waals surface area contributed by atoms with Crippen molar-refractivity contribution in [2.24, 2.45) is 16.8 Å². The summed E-state index contributed by atoms with van der Waals surface area (Å²) in [6, 6.07) is 0. The molecule has 1 amide bonds. The molecule has 0 aliphatic carbocycles. The summed E-state index contributed by atoms with van der Waals surface area (Å²) in [5.41, 5.74) is 7.03. The van der Waals surface area contributed by atoms with Gasteiger partial charge in [-0.2, -0.15) is 0 Å². The van der Waals surface area contributed by atoms with Gasteiger partial charge in [-0.15, -0.1) is 0 Å². The van der Waals surface area contributed by atoms with E-state index in [0.717, 1.165) is 11.3 Å². The van der Waals surface area contributed by atoms with Gasteiger partial charge in [-0.1, -0.05) is 17.2 Å². The predicted molar refractivity (Wildman–Crippen MR) is 65.0 cm³/mol. The summed E-state index contributed by atoms with van der Waals surface area (Å²) in [5.74, 6) is -0.332. The summed E-state index contributed by atoms with van der Waals surface area (Å²) in [4.78, 5) is 11.9. The Morgan fingerprint density at radius 1 is 1.61 bits per heavy atom. The lowest BCUT2D eigenvalue weighted by molar-refractivity contribution is -0.123. The van der Waals surface area contributed by atoms with E-state index in [1.807, 2.05) is 0 Å². The van der Waals surface area contributed by atoms with Gasteiger partial charge in [0.25, 0.3) is 0 Å². The third-order valence-corrected chi connectivity index (χ3v) is 2.82. The molecule has 100 valence electrons. The number of rotatable bonds is 5. The molecular formula is C11H18N4O3. The molecule has 0 saturated heterocycles. The molecule has 0 saturated carbocycles. The quantitative estimate of drug-likeness (QED) is 0.309. The summed E-state index contributed by atoms with van der Waals surface area (Å²) in [6.45, 7) is 5.69. The van der Waals surface area contributed by atoms with Crippen molar-refractivity contribution in [1.82, 2.24) is 10.5 Å². The molecule has 1 unspecified atom stereocenters. The van der Waals surface area contributed by atoms with Crippen LogP contribution in [0.3, 0.4) is 0 Å². The van der Waals surface area contributed by atoms with E-state index in [4.69, 9.17) is 15.5 Å². The van der Waals surface area contributed by atoms with Crippen LogP contribution in [0.4, 0.5) is 0 Å². The van der Waals surface area contributed by atoms with Crippen molar-refractivity contribution in [2.75, 3.05) is 0 Å². The number of nitrogens with zero attached hydrogens (tertiary/aromatic N) is 2. The highest BCUT2D eigenvalue weighted by atomic mass is 16.5. The fourth-order valence-corrected chi connectivity index (χ4v) is 1.65. The first-order valence-corrected chi connectivity index (χ1v) is 5.68. The average molecular weight is 254 g/mol. The van der Waals surface area contributed by atoms with E-state index in [2.05, 4.69) is 15.6 Å². The number of oxime groups is 1. The number of carbonyl (C=O) groups is 1. The number of hydrogen-bond acceptors (Lipinski definition) is 5. The normalized spacial score (nSPS) is 13.4. The van der Waals surface area contributed by atoms with Crippen LogP contribution < -0.4 is 11.1 Å². The van der Waals surface area contributed by atoms with Crippen LogP contribution in [0.1, 0.15) is 30.4 Å². The fraction of sp³-hybridized carbons (Fsp3) is 0.545. The Labute approximate surface area is 105 Å². The van der Waals surface area contributed by atoms with Gasteiger partial charge >= 0.3 is 0 Å². The SMILES string of the molecule is CCC(C(=O)NCc1c(C)noc1C)C(N)=NO. The van der Waals surface area contributed by atoms with Crippen LogP contribution in [0.2, 0.25) is 0 Å². The van der Waals surface area contributed by atoms with Crippen molar-refractivity contribution in [3.05, 3.63) is 17.0 Å². The van der Waals surface area contributed by atoms with Gasteiger partial charge in [-0.3, -0.25) is 4.79 Å². The number of nitrogens with one attached hydrogen (secondary N) is 1. The van der Waals surface area contributed by atoms with Gasteiger partial charge in [0, 0.05) is 12.1 Å². The van der Waals surface area contributed by atoms with Gasteiger partial charge in [-0.25, -0.2) is 0 Å². The fourth-order valence-electron chi connectivity index (χ4n) is 1.65. The summed E-state index contributed by atoms with van der Waals surface area (Å²) in [5, 5.41) is 18.0. The zero-order chi connectivity index (χ0) is 13.7. The molecule has 7 heteroatoms. The van der Waals surface area contributed by atoms with Gasteiger partial charge in [-0.05, 0) is 20.3 Å². The molecule has 1 aromatic heterocycles. The minimum absolute atomic E-state index is 0.0891. The Bertz CT molecular complexity index is 434. The minimum atomic E-state index is -0.629. The summed E-state index contributed by atoms with van der Waals surface area (Å²) in [7, 11) is 0. The van der Waals surface area contributed by atoms with Crippen molar-refractivity contribution >= 4 is 11.7 Å². The van der Waals surface area contributed by atoms with Gasteiger partial charge in [0.2, 0.25) is 5.91 Å². The molecule has 1 rings (SSSR count). The first-order chi connectivity index (χ1) is 8.51. The van der Waals surface area contributed by atoms with Crippen molar-refractivity contribution in [2.45, 2.75) is 33.7 Å². The van der Waals surface area contributed by atoms with Crippen LogP contribution in [-0.4, -0.2) is 22.1 Å². The van der Waals surface area contributed by atoms with Crippen LogP contribution in [0, 0.1) is 19.8 Å². The first-order valence-electron chi connectivity index (χ1n) is 5.68. The van der Waals surface area contributed by atoms with Crippen molar-refractivity contribution in [1.29, 1.82) is 0 Å². The molecule has 1 heterocycles. The minimum Gasteiger partial charge on any atom is -0.409 e. The number of amides is 1. The van der Waals surface area contributed by atoms with Crippen molar-refractivity contribution < 1.29 is 14.5 Å². The van der Waals surface area contributed by atoms with Crippen molar-refractivity contribution in [3.63, 3.8) is 0 Å². The van der Waals surface area contributed by atoms with Gasteiger partial charge < -0.3 is 20.8 Å². The van der Waals surface area contributed by atoms with E-state index in [0.29, 0.717) is 18.7 Å². The summed E-state index contributed by atoms with van der Waals surface area (Å²) >= 11 is 0. The Morgan fingerprint density at radius 2 is 2.28 bits per heavy atom. The molecule has 0 fully saturated rings. The number of carbonyl (C=O) groups excluding carboxylic acids is 1. The van der Waals surface area contributed by atoms with Crippen molar-refractivity contribution in [3.8, 4) is 0 Å². The molecule has 0 aliphatic heterocycles. The van der Waals surface area contributed by atoms with Crippen LogP contribution >= 0.6 is 0 Å². The van der Waals surface area contributed by atoms with Crippen LogP contribution in [0.5, 0.6) is 0 Å². The topological polar surface area (TPSA) is 114 Å². The number of aryl methyl sites for hydroxylation is 2. The third-order valence-electron chi connectivity index (χ3n) is 2.82. The first kappa shape index (κ1) is 14.0. The molecule has 0 bridgehead atoms. The van der Waals surface area contributed by atoms with Gasteiger partial charge in [0.15, 0.2) is 5.84 Å². The molecular weight excluding hydrogens is 236 g/mol. The molecule has 0 aliphatic rings. The molecule has 1 atom stereocenters. The van der Waals surface area contributed by atoms with E-state index in [1.54, 1.807) is 20.8 Å². The Morgan fingerprint density at radius 3 is 2.72 bits per heavy atom. The Kier molecular flexibility index (Phi) is 4.70. The lowest BCUT2D eigenvalue weighted by Gasteiger charge is -2.13. The highest BCUT2D eigenvalue weighted by Crippen LogP contribution is 2.12. The average Bonchev–Trinajstić information content (AvgIpc) is 2.67. The van der Waals surface area contributed by atoms with Gasteiger partial charge in [0.1, 0.15) is 5.76 Å². The second-order valence-corrected chi connectivity index (χ2v) is 4.01. The highest BCUT2D eigenvalue weighted by molar-refractivity contribution is 6.01. The lowest BCUT2D eigenvalue weighted by atomic mass is 10.0. The number of aromatic nitrogens is 1. The molecule has 0 aromatic carbocycles. The second-order valence-electron chi connectivity index (χ2n) is 4.01. The number of hydrogen-bond donors (Lipinski definition) is 3. The number of amidine groups is 1. The summed E-state index contributed by atoms with van der Waals surface area (Å²) in [6.07, 6.45) is 0.462. The molecule has 7 nitrogen and oxygen atoms in total. The molecule has 0 radical (unpaired) electrons. The largest absolute Gasteiger partial charge is 0.409 e. The van der Waals surface area contributed by atoms with Crippen LogP contribution in [-0.2, 0) is 11.3 Å². The molecule has 4 N–H and O–H groups in total. The lowest BCUT2D eigenvalue weighted by Crippen LogP contribution is -2.38. The third kappa shape index (κ3) is 2.99. The maximum atomic E-state index is 11.9. The van der Waals surface area contributed by atoms with E-state index < -0.39 is 5.92 Å². The maximum absolute atomic E-state index is 11.9. The van der Waals surface area contributed by atoms with E-state index >= 15 is 0 Å². The summed E-state index contributed by atoms with van der Waals surface area (Å²) < 4.78 is 4.99. The van der Waals surface area contributed by atoms with Crippen LogP contribution in [0.15, 0.2) is 9.68 Å². The Balaban J connectivity index is 2.66. The Hall–Kier alpha value is -2.05. The standard InChI is InChI=1S/C11H18N4O3/c1-4-8(10(12)14-17)11(16)13-5-9-6(2)15-18-7(9)3/h8,17H,4-5H2,1-3H3,(H2,12,14)(H,13,16).